The van der Waals surface area contributed by atoms with Crippen LogP contribution < -0.4 is 10.9 Å². The van der Waals surface area contributed by atoms with Crippen LogP contribution in [0.1, 0.15) is 78.6 Å². The van der Waals surface area contributed by atoms with Gasteiger partial charge in [-0.05, 0) is 105 Å². The number of aliphatic carboxylic acids is 1. The normalized spacial score (nSPS) is 15.0. The summed E-state index contributed by atoms with van der Waals surface area (Å²) in [5.41, 5.74) is 1.43. The fourth-order valence-electron chi connectivity index (χ4n) is 6.12. The van der Waals surface area contributed by atoms with Crippen molar-refractivity contribution in [2.75, 3.05) is 19.6 Å². The Kier molecular flexibility index (Phi) is 10.8. The van der Waals surface area contributed by atoms with Gasteiger partial charge in [-0.1, -0.05) is 32.0 Å². The molecule has 1 saturated heterocycles. The number of carbonyl (C=O) groups is 2. The summed E-state index contributed by atoms with van der Waals surface area (Å²) in [4.78, 5) is 41.1. The van der Waals surface area contributed by atoms with Gasteiger partial charge in [0, 0.05) is 24.4 Å². The van der Waals surface area contributed by atoms with E-state index in [-0.39, 0.29) is 35.4 Å². The SMILES string of the molecule is Cc1cc(-c2c(C)cccc2C)cc([C@H](CC(=O)O)NC(=O)C(CC(C)C)n2cc(CCN3CCC3)c(C(F)(F)F)cc2=O)c1F. The molecule has 1 amide bonds. The van der Waals surface area contributed by atoms with Crippen molar-refractivity contribution in [3.63, 3.8) is 0 Å². The van der Waals surface area contributed by atoms with E-state index in [1.807, 2.05) is 36.9 Å². The highest BCUT2D eigenvalue weighted by Crippen LogP contribution is 2.35. The summed E-state index contributed by atoms with van der Waals surface area (Å²) in [7, 11) is 0. The number of amides is 1. The molecule has 4 rings (SSSR count). The van der Waals surface area contributed by atoms with Crippen molar-refractivity contribution < 1.29 is 32.3 Å². The van der Waals surface area contributed by atoms with Gasteiger partial charge in [0.05, 0.1) is 18.0 Å². The molecule has 0 bridgehead atoms. The van der Waals surface area contributed by atoms with Gasteiger partial charge >= 0.3 is 12.1 Å². The van der Waals surface area contributed by atoms with E-state index in [2.05, 4.69) is 5.32 Å². The number of hydrogen-bond acceptors (Lipinski definition) is 4. The first-order chi connectivity index (χ1) is 21.6. The minimum atomic E-state index is -4.76. The van der Waals surface area contributed by atoms with E-state index >= 15 is 4.39 Å². The smallest absolute Gasteiger partial charge is 0.416 e. The Bertz CT molecular complexity index is 1640. The third-order valence-corrected chi connectivity index (χ3v) is 8.57. The van der Waals surface area contributed by atoms with Gasteiger partial charge in [0.1, 0.15) is 11.9 Å². The number of nitrogens with one attached hydrogen (secondary N) is 1. The summed E-state index contributed by atoms with van der Waals surface area (Å²) >= 11 is 0. The van der Waals surface area contributed by atoms with E-state index in [1.165, 1.54) is 6.07 Å². The van der Waals surface area contributed by atoms with Crippen molar-refractivity contribution in [2.24, 2.45) is 5.92 Å². The molecule has 1 aliphatic rings. The average Bonchev–Trinajstić information content (AvgIpc) is 2.92. The van der Waals surface area contributed by atoms with Gasteiger partial charge in [-0.25, -0.2) is 4.39 Å². The fourth-order valence-corrected chi connectivity index (χ4v) is 6.12. The van der Waals surface area contributed by atoms with E-state index in [9.17, 15) is 32.7 Å². The summed E-state index contributed by atoms with van der Waals surface area (Å²) < 4.78 is 58.7. The number of halogens is 4. The lowest BCUT2D eigenvalue weighted by Gasteiger charge is -2.31. The Morgan fingerprint density at radius 2 is 1.67 bits per heavy atom. The largest absolute Gasteiger partial charge is 0.481 e. The molecule has 1 unspecified atom stereocenters. The highest BCUT2D eigenvalue weighted by atomic mass is 19.4. The molecule has 3 aromatic rings. The molecule has 0 saturated carbocycles. The number of nitrogens with zero attached hydrogens (tertiary/aromatic N) is 2. The number of alkyl halides is 3. The van der Waals surface area contributed by atoms with Crippen LogP contribution in [0.3, 0.4) is 0 Å². The Morgan fingerprint density at radius 1 is 1.02 bits per heavy atom. The average molecular weight is 644 g/mol. The van der Waals surface area contributed by atoms with Crippen LogP contribution in [0.5, 0.6) is 0 Å². The number of rotatable bonds is 12. The number of aryl methyl sites for hydroxylation is 3. The van der Waals surface area contributed by atoms with E-state index in [4.69, 9.17) is 0 Å². The van der Waals surface area contributed by atoms with Gasteiger partial charge in [0.15, 0.2) is 0 Å². The van der Waals surface area contributed by atoms with Gasteiger partial charge in [-0.15, -0.1) is 0 Å². The number of aromatic nitrogens is 1. The van der Waals surface area contributed by atoms with Crippen LogP contribution >= 0.6 is 0 Å². The van der Waals surface area contributed by atoms with E-state index < -0.39 is 53.5 Å². The van der Waals surface area contributed by atoms with Crippen molar-refractivity contribution in [1.82, 2.24) is 14.8 Å². The summed E-state index contributed by atoms with van der Waals surface area (Å²) in [5, 5.41) is 12.4. The third-order valence-electron chi connectivity index (χ3n) is 8.57. The van der Waals surface area contributed by atoms with Crippen molar-refractivity contribution >= 4 is 11.9 Å². The molecule has 1 aromatic heterocycles. The molecule has 2 atom stereocenters. The van der Waals surface area contributed by atoms with Crippen molar-refractivity contribution in [2.45, 2.75) is 78.6 Å². The summed E-state index contributed by atoms with van der Waals surface area (Å²) in [5.74, 6) is -2.93. The topological polar surface area (TPSA) is 91.6 Å². The number of hydrogen-bond donors (Lipinski definition) is 2. The molecule has 248 valence electrons. The molecular formula is C35H41F4N3O4. The first-order valence-corrected chi connectivity index (χ1v) is 15.5. The summed E-state index contributed by atoms with van der Waals surface area (Å²) in [6, 6.07) is 6.85. The highest BCUT2D eigenvalue weighted by Gasteiger charge is 2.36. The predicted molar refractivity (Wildman–Crippen MR) is 168 cm³/mol. The number of carbonyl (C=O) groups excluding carboxylic acids is 1. The lowest BCUT2D eigenvalue weighted by molar-refractivity contribution is -0.139. The maximum absolute atomic E-state index is 15.7. The molecule has 46 heavy (non-hydrogen) atoms. The summed E-state index contributed by atoms with van der Waals surface area (Å²) in [6.45, 7) is 10.9. The van der Waals surface area contributed by atoms with Crippen molar-refractivity contribution in [3.8, 4) is 11.1 Å². The Morgan fingerprint density at radius 3 is 2.22 bits per heavy atom. The molecular weight excluding hydrogens is 602 g/mol. The molecule has 0 spiro atoms. The third kappa shape index (κ3) is 8.04. The van der Waals surface area contributed by atoms with E-state index in [1.54, 1.807) is 26.8 Å². The highest BCUT2D eigenvalue weighted by molar-refractivity contribution is 5.82. The van der Waals surface area contributed by atoms with Crippen LogP contribution in [-0.4, -0.2) is 46.1 Å². The van der Waals surface area contributed by atoms with Crippen LogP contribution in [0, 0.1) is 32.5 Å². The van der Waals surface area contributed by atoms with E-state index in [0.29, 0.717) is 18.2 Å². The standard InChI is InChI=1S/C35H41F4N3O4/c1-20(2)14-29(42-19-24(10-13-41-11-7-12-41)27(17-30(42)43)35(37,38)39)34(46)40-28(18-31(44)45)26-16-25(15-23(5)33(26)36)32-21(3)8-6-9-22(32)4/h6,8-9,15-17,19-20,28-29H,7,10-14,18H2,1-5H3,(H,40,46)(H,44,45)/t28-,29?/m0/s1. The Labute approximate surface area is 266 Å². The molecule has 1 fully saturated rings. The quantitative estimate of drug-likeness (QED) is 0.213. The monoisotopic (exact) mass is 643 g/mol. The number of carboxylic acids is 1. The second-order valence-corrected chi connectivity index (χ2v) is 12.7. The molecule has 2 aromatic carbocycles. The lowest BCUT2D eigenvalue weighted by atomic mass is 9.90. The fraction of sp³-hybridized carbons (Fsp3) is 0.457. The zero-order valence-electron chi connectivity index (χ0n) is 26.8. The minimum absolute atomic E-state index is 0.0301. The summed E-state index contributed by atoms with van der Waals surface area (Å²) in [6.07, 6.45) is -3.24. The van der Waals surface area contributed by atoms with Gasteiger partial charge in [-0.2, -0.15) is 13.2 Å². The van der Waals surface area contributed by atoms with Crippen LogP contribution in [0.15, 0.2) is 47.4 Å². The molecule has 1 aliphatic heterocycles. The predicted octanol–water partition coefficient (Wildman–Crippen LogP) is 6.77. The lowest BCUT2D eigenvalue weighted by Crippen LogP contribution is -2.41. The molecule has 0 radical (unpaired) electrons. The first-order valence-electron chi connectivity index (χ1n) is 15.5. The number of benzene rings is 2. The molecule has 2 heterocycles. The second-order valence-electron chi connectivity index (χ2n) is 12.7. The van der Waals surface area contributed by atoms with Crippen LogP contribution in [0.2, 0.25) is 0 Å². The van der Waals surface area contributed by atoms with Crippen LogP contribution in [0.4, 0.5) is 17.6 Å². The van der Waals surface area contributed by atoms with Crippen molar-refractivity contribution in [3.05, 3.63) is 92.1 Å². The number of pyridine rings is 1. The minimum Gasteiger partial charge on any atom is -0.481 e. The maximum Gasteiger partial charge on any atom is 0.416 e. The number of likely N-dealkylation sites (tertiary alicyclic amines) is 1. The van der Waals surface area contributed by atoms with Crippen molar-refractivity contribution in [1.29, 1.82) is 0 Å². The van der Waals surface area contributed by atoms with Gasteiger partial charge in [-0.3, -0.25) is 14.4 Å². The Balaban J connectivity index is 1.77. The molecule has 7 nitrogen and oxygen atoms in total. The molecule has 0 aliphatic carbocycles. The maximum atomic E-state index is 15.7. The Hall–Kier alpha value is -3.99. The zero-order valence-corrected chi connectivity index (χ0v) is 26.8. The second kappa shape index (κ2) is 14.2. The molecule has 2 N–H and O–H groups in total. The van der Waals surface area contributed by atoms with Crippen LogP contribution in [0.25, 0.3) is 11.1 Å². The van der Waals surface area contributed by atoms with E-state index in [0.717, 1.165) is 47.0 Å². The van der Waals surface area contributed by atoms with Gasteiger partial charge in [0.25, 0.3) is 5.56 Å². The number of carboxylic acid groups (broad SMARTS) is 1. The van der Waals surface area contributed by atoms with Crippen LogP contribution in [-0.2, 0) is 22.2 Å². The van der Waals surface area contributed by atoms with Gasteiger partial charge in [0.2, 0.25) is 5.91 Å². The van der Waals surface area contributed by atoms with Gasteiger partial charge < -0.3 is 19.9 Å². The first kappa shape index (κ1) is 34.9. The molecule has 11 heteroatoms. The zero-order chi connectivity index (χ0) is 33.9.